The number of aromatic carboxylic acids is 1. The molecule has 1 N–H and O–H groups in total. The van der Waals surface area contributed by atoms with Gasteiger partial charge in [0.05, 0.1) is 4.92 Å². The van der Waals surface area contributed by atoms with E-state index in [9.17, 15) is 19.3 Å². The SMILES string of the molecule is O=C(O)c1c(F)cc(Cl)c([N+](=O)[O-])c1Cl. The molecule has 0 spiro atoms. The molecule has 80 valence electrons. The highest BCUT2D eigenvalue weighted by atomic mass is 35.5. The van der Waals surface area contributed by atoms with Gasteiger partial charge >= 0.3 is 11.7 Å². The summed E-state index contributed by atoms with van der Waals surface area (Å²) in [4.78, 5) is 20.0. The quantitative estimate of drug-likeness (QED) is 0.649. The van der Waals surface area contributed by atoms with Crippen LogP contribution in [0, 0.1) is 15.9 Å². The molecular formula is C7H2Cl2FNO4. The summed E-state index contributed by atoms with van der Waals surface area (Å²) in [5, 5.41) is 17.6. The molecule has 0 atom stereocenters. The molecule has 0 aromatic heterocycles. The van der Waals surface area contributed by atoms with Gasteiger partial charge in [-0.05, 0) is 0 Å². The lowest BCUT2D eigenvalue weighted by Gasteiger charge is -2.03. The van der Waals surface area contributed by atoms with Crippen molar-refractivity contribution in [2.24, 2.45) is 0 Å². The van der Waals surface area contributed by atoms with Crippen molar-refractivity contribution in [2.75, 3.05) is 0 Å². The summed E-state index contributed by atoms with van der Waals surface area (Å²) in [5.74, 6) is -2.92. The van der Waals surface area contributed by atoms with Crippen LogP contribution >= 0.6 is 23.2 Å². The minimum absolute atomic E-state index is 0.537. The first-order chi connectivity index (χ1) is 6.86. The summed E-state index contributed by atoms with van der Waals surface area (Å²) in [6.07, 6.45) is 0. The summed E-state index contributed by atoms with van der Waals surface area (Å²) in [6.45, 7) is 0. The number of hydrogen-bond acceptors (Lipinski definition) is 3. The highest BCUT2D eigenvalue weighted by Crippen LogP contribution is 2.36. The van der Waals surface area contributed by atoms with E-state index in [-0.39, 0.29) is 0 Å². The van der Waals surface area contributed by atoms with Crippen LogP contribution in [0.25, 0.3) is 0 Å². The van der Waals surface area contributed by atoms with Gasteiger partial charge in [0.15, 0.2) is 0 Å². The fourth-order valence-electron chi connectivity index (χ4n) is 0.943. The number of carbonyl (C=O) groups is 1. The van der Waals surface area contributed by atoms with Crippen LogP contribution in [0.1, 0.15) is 10.4 Å². The average Bonchev–Trinajstić information content (AvgIpc) is 1.99. The molecule has 0 saturated heterocycles. The maximum absolute atomic E-state index is 13.0. The van der Waals surface area contributed by atoms with Gasteiger partial charge in [-0.15, -0.1) is 0 Å². The molecule has 8 heteroatoms. The standard InChI is InChI=1S/C7H2Cl2FNO4/c8-2-1-3(10)4(7(12)13)5(9)6(2)11(14)15/h1H,(H,12,13). The van der Waals surface area contributed by atoms with Crippen molar-refractivity contribution < 1.29 is 19.2 Å². The molecule has 0 aliphatic carbocycles. The summed E-state index contributed by atoms with van der Waals surface area (Å²) in [5.41, 5.74) is -1.79. The zero-order chi connectivity index (χ0) is 11.7. The Morgan fingerprint density at radius 3 is 2.47 bits per heavy atom. The molecule has 15 heavy (non-hydrogen) atoms. The summed E-state index contributed by atoms with van der Waals surface area (Å²) >= 11 is 10.7. The van der Waals surface area contributed by atoms with Gasteiger partial charge < -0.3 is 5.11 Å². The molecule has 1 aromatic carbocycles. The molecule has 0 aliphatic heterocycles. The smallest absolute Gasteiger partial charge is 0.340 e. The lowest BCUT2D eigenvalue weighted by Crippen LogP contribution is -2.04. The Hall–Kier alpha value is -1.40. The maximum Gasteiger partial charge on any atom is 0.340 e. The van der Waals surface area contributed by atoms with Crippen molar-refractivity contribution in [3.05, 3.63) is 37.6 Å². The Labute approximate surface area is 92.2 Å². The van der Waals surface area contributed by atoms with E-state index < -0.39 is 38.0 Å². The van der Waals surface area contributed by atoms with Crippen LogP contribution in [0.4, 0.5) is 10.1 Å². The summed E-state index contributed by atoms with van der Waals surface area (Å²) in [6, 6.07) is 0.537. The predicted molar refractivity (Wildman–Crippen MR) is 50.0 cm³/mol. The largest absolute Gasteiger partial charge is 0.478 e. The van der Waals surface area contributed by atoms with E-state index in [1.807, 2.05) is 0 Å². The number of halogens is 3. The maximum atomic E-state index is 13.0. The van der Waals surface area contributed by atoms with Crippen molar-refractivity contribution in [2.45, 2.75) is 0 Å². The third-order valence-electron chi connectivity index (χ3n) is 1.54. The van der Waals surface area contributed by atoms with E-state index >= 15 is 0 Å². The Balaban J connectivity index is 3.64. The van der Waals surface area contributed by atoms with Crippen LogP contribution in [0.15, 0.2) is 6.07 Å². The fourth-order valence-corrected chi connectivity index (χ4v) is 1.59. The molecular weight excluding hydrogens is 252 g/mol. The van der Waals surface area contributed by atoms with Crippen molar-refractivity contribution >= 4 is 34.9 Å². The van der Waals surface area contributed by atoms with Crippen LogP contribution in [-0.2, 0) is 0 Å². The zero-order valence-electron chi connectivity index (χ0n) is 6.83. The van der Waals surface area contributed by atoms with Crippen LogP contribution in [-0.4, -0.2) is 16.0 Å². The van der Waals surface area contributed by atoms with E-state index in [1.54, 1.807) is 0 Å². The molecule has 1 rings (SSSR count). The van der Waals surface area contributed by atoms with Gasteiger partial charge in [0.2, 0.25) is 0 Å². The van der Waals surface area contributed by atoms with Crippen LogP contribution < -0.4 is 0 Å². The number of rotatable bonds is 2. The number of hydrogen-bond donors (Lipinski definition) is 1. The van der Waals surface area contributed by atoms with Gasteiger partial charge in [0.25, 0.3) is 0 Å². The van der Waals surface area contributed by atoms with E-state index in [2.05, 4.69) is 0 Å². The van der Waals surface area contributed by atoms with Crippen molar-refractivity contribution in [1.82, 2.24) is 0 Å². The van der Waals surface area contributed by atoms with Crippen molar-refractivity contribution in [3.8, 4) is 0 Å². The molecule has 0 amide bonds. The number of carboxylic acid groups (broad SMARTS) is 1. The second-order valence-corrected chi connectivity index (χ2v) is 3.23. The van der Waals surface area contributed by atoms with E-state index in [4.69, 9.17) is 28.3 Å². The molecule has 0 saturated carbocycles. The first kappa shape index (κ1) is 11.7. The van der Waals surface area contributed by atoms with Gasteiger partial charge in [-0.3, -0.25) is 10.1 Å². The summed E-state index contributed by atoms with van der Waals surface area (Å²) < 4.78 is 13.0. The Bertz CT molecular complexity index is 425. The van der Waals surface area contributed by atoms with Crippen LogP contribution in [0.2, 0.25) is 10.0 Å². The van der Waals surface area contributed by atoms with Gasteiger partial charge in [0, 0.05) is 6.07 Å². The van der Waals surface area contributed by atoms with Crippen molar-refractivity contribution in [1.29, 1.82) is 0 Å². The molecule has 1 aromatic rings. The number of nitrogens with zero attached hydrogens (tertiary/aromatic N) is 1. The number of carboxylic acids is 1. The molecule has 0 heterocycles. The third kappa shape index (κ3) is 2.00. The second-order valence-electron chi connectivity index (χ2n) is 2.44. The molecule has 0 fully saturated rings. The third-order valence-corrected chi connectivity index (χ3v) is 2.20. The number of nitro benzene ring substituents is 1. The van der Waals surface area contributed by atoms with Crippen molar-refractivity contribution in [3.63, 3.8) is 0 Å². The zero-order valence-corrected chi connectivity index (χ0v) is 8.34. The van der Waals surface area contributed by atoms with E-state index in [0.717, 1.165) is 0 Å². The monoisotopic (exact) mass is 253 g/mol. The highest BCUT2D eigenvalue weighted by Gasteiger charge is 2.27. The second kappa shape index (κ2) is 4.00. The Morgan fingerprint density at radius 1 is 1.53 bits per heavy atom. The lowest BCUT2D eigenvalue weighted by molar-refractivity contribution is -0.384. The molecule has 0 unspecified atom stereocenters. The number of benzene rings is 1. The average molecular weight is 254 g/mol. The van der Waals surface area contributed by atoms with Crippen LogP contribution in [0.5, 0.6) is 0 Å². The Kier molecular flexibility index (Phi) is 3.11. The fraction of sp³-hybridized carbons (Fsp3) is 0. The lowest BCUT2D eigenvalue weighted by atomic mass is 10.2. The first-order valence-electron chi connectivity index (χ1n) is 3.41. The summed E-state index contributed by atoms with van der Waals surface area (Å²) in [7, 11) is 0. The molecule has 0 aliphatic rings. The molecule has 0 bridgehead atoms. The Morgan fingerprint density at radius 2 is 2.07 bits per heavy atom. The minimum atomic E-state index is -1.70. The van der Waals surface area contributed by atoms with Gasteiger partial charge in [0.1, 0.15) is 21.4 Å². The highest BCUT2D eigenvalue weighted by molar-refractivity contribution is 6.40. The van der Waals surface area contributed by atoms with Crippen LogP contribution in [0.3, 0.4) is 0 Å². The normalized spacial score (nSPS) is 10.1. The van der Waals surface area contributed by atoms with E-state index in [1.165, 1.54) is 0 Å². The number of nitro groups is 1. The molecule has 5 nitrogen and oxygen atoms in total. The predicted octanol–water partition coefficient (Wildman–Crippen LogP) is 2.74. The van der Waals surface area contributed by atoms with Gasteiger partial charge in [-0.25, -0.2) is 9.18 Å². The van der Waals surface area contributed by atoms with E-state index in [0.29, 0.717) is 6.07 Å². The van der Waals surface area contributed by atoms with Gasteiger partial charge in [-0.2, -0.15) is 0 Å². The topological polar surface area (TPSA) is 80.4 Å². The molecule has 0 radical (unpaired) electrons. The first-order valence-corrected chi connectivity index (χ1v) is 4.17. The van der Waals surface area contributed by atoms with Gasteiger partial charge in [-0.1, -0.05) is 23.2 Å². The minimum Gasteiger partial charge on any atom is -0.478 e.